The van der Waals surface area contributed by atoms with Crippen LogP contribution in [0.2, 0.25) is 0 Å². The van der Waals surface area contributed by atoms with E-state index in [1.807, 2.05) is 0 Å². The van der Waals surface area contributed by atoms with E-state index in [4.69, 9.17) is 10.5 Å². The standard InChI is InChI=1S/C14H13N5OS/c1-7-4-9-8(2-3-20-9)5-10(7)21-14-18-11-12(15)16-6-17-13(11)19-14/h4-6H,2-3H2,1H3,(H3,15,16,17,18,19). The molecule has 0 amide bonds. The average molecular weight is 299 g/mol. The molecule has 1 aliphatic rings. The van der Waals surface area contributed by atoms with Gasteiger partial charge in [0, 0.05) is 11.3 Å². The molecule has 0 aliphatic carbocycles. The number of hydrogen-bond acceptors (Lipinski definition) is 6. The molecule has 2 aromatic heterocycles. The Bertz CT molecular complexity index is 845. The molecule has 3 N–H and O–H groups in total. The number of aromatic amines is 1. The van der Waals surface area contributed by atoms with Crippen LogP contribution in [0.4, 0.5) is 5.82 Å². The lowest BCUT2D eigenvalue weighted by Gasteiger charge is -2.06. The van der Waals surface area contributed by atoms with Crippen LogP contribution in [0.3, 0.4) is 0 Å². The van der Waals surface area contributed by atoms with Gasteiger partial charge in [0.15, 0.2) is 16.6 Å². The lowest BCUT2D eigenvalue weighted by atomic mass is 10.1. The van der Waals surface area contributed by atoms with Gasteiger partial charge < -0.3 is 15.5 Å². The van der Waals surface area contributed by atoms with Crippen molar-refractivity contribution < 1.29 is 4.74 Å². The molecule has 3 aromatic rings. The Morgan fingerprint density at radius 2 is 2.24 bits per heavy atom. The zero-order valence-electron chi connectivity index (χ0n) is 11.4. The molecular formula is C14H13N5OS. The number of ether oxygens (including phenoxy) is 1. The minimum Gasteiger partial charge on any atom is -0.493 e. The van der Waals surface area contributed by atoms with E-state index >= 15 is 0 Å². The van der Waals surface area contributed by atoms with Crippen molar-refractivity contribution in [3.05, 3.63) is 29.6 Å². The van der Waals surface area contributed by atoms with E-state index in [1.165, 1.54) is 17.5 Å². The van der Waals surface area contributed by atoms with Gasteiger partial charge in [0.1, 0.15) is 17.6 Å². The summed E-state index contributed by atoms with van der Waals surface area (Å²) in [5.74, 6) is 1.41. The number of nitrogens with one attached hydrogen (secondary N) is 1. The fourth-order valence-electron chi connectivity index (χ4n) is 2.39. The minimum absolute atomic E-state index is 0.415. The molecule has 0 fully saturated rings. The van der Waals surface area contributed by atoms with Crippen molar-refractivity contribution in [2.75, 3.05) is 12.3 Å². The number of aryl methyl sites for hydroxylation is 1. The number of nitrogen functional groups attached to an aromatic ring is 1. The van der Waals surface area contributed by atoms with Crippen LogP contribution < -0.4 is 10.5 Å². The Hall–Kier alpha value is -2.28. The Labute approximate surface area is 125 Å². The van der Waals surface area contributed by atoms with E-state index in [9.17, 15) is 0 Å². The van der Waals surface area contributed by atoms with Crippen molar-refractivity contribution in [1.29, 1.82) is 0 Å². The van der Waals surface area contributed by atoms with Gasteiger partial charge in [-0.2, -0.15) is 0 Å². The minimum atomic E-state index is 0.415. The maximum atomic E-state index is 5.82. The van der Waals surface area contributed by atoms with Gasteiger partial charge in [0.05, 0.1) is 6.61 Å². The van der Waals surface area contributed by atoms with Crippen LogP contribution in [0.15, 0.2) is 28.5 Å². The van der Waals surface area contributed by atoms with E-state index in [-0.39, 0.29) is 0 Å². The monoisotopic (exact) mass is 299 g/mol. The number of benzene rings is 1. The summed E-state index contributed by atoms with van der Waals surface area (Å²) in [6.45, 7) is 2.83. The number of hydrogen-bond donors (Lipinski definition) is 2. The van der Waals surface area contributed by atoms with Gasteiger partial charge in [-0.25, -0.2) is 15.0 Å². The van der Waals surface area contributed by atoms with Gasteiger partial charge >= 0.3 is 0 Å². The maximum absolute atomic E-state index is 5.82. The van der Waals surface area contributed by atoms with Crippen LogP contribution in [-0.2, 0) is 6.42 Å². The third-order valence-electron chi connectivity index (χ3n) is 3.49. The Balaban J connectivity index is 1.73. The van der Waals surface area contributed by atoms with Gasteiger partial charge in [0.25, 0.3) is 0 Å². The second-order valence-electron chi connectivity index (χ2n) is 4.93. The SMILES string of the molecule is Cc1cc2c(cc1Sc1nc3ncnc(N)c3[nH]1)CCO2. The van der Waals surface area contributed by atoms with Crippen LogP contribution in [0.5, 0.6) is 5.75 Å². The van der Waals surface area contributed by atoms with Gasteiger partial charge in [-0.3, -0.25) is 0 Å². The van der Waals surface area contributed by atoms with Crippen molar-refractivity contribution in [3.63, 3.8) is 0 Å². The average Bonchev–Trinajstić information content (AvgIpc) is 3.06. The zero-order chi connectivity index (χ0) is 14.4. The third kappa shape index (κ3) is 2.09. The predicted octanol–water partition coefficient (Wildman–Crippen LogP) is 2.33. The van der Waals surface area contributed by atoms with Gasteiger partial charge in [-0.1, -0.05) is 11.8 Å². The fourth-order valence-corrected chi connectivity index (χ4v) is 3.31. The first kappa shape index (κ1) is 12.5. The van der Waals surface area contributed by atoms with Crippen molar-refractivity contribution in [3.8, 4) is 5.75 Å². The van der Waals surface area contributed by atoms with Crippen molar-refractivity contribution in [2.24, 2.45) is 0 Å². The molecule has 21 heavy (non-hydrogen) atoms. The molecule has 0 unspecified atom stereocenters. The Kier molecular flexibility index (Phi) is 2.75. The third-order valence-corrected chi connectivity index (χ3v) is 4.54. The fraction of sp³-hybridized carbons (Fsp3) is 0.214. The molecule has 7 heteroatoms. The highest BCUT2D eigenvalue weighted by Gasteiger charge is 2.16. The highest BCUT2D eigenvalue weighted by Crippen LogP contribution is 2.36. The molecule has 106 valence electrons. The van der Waals surface area contributed by atoms with Crippen LogP contribution in [0.1, 0.15) is 11.1 Å². The topological polar surface area (TPSA) is 89.7 Å². The van der Waals surface area contributed by atoms with Gasteiger partial charge in [0.2, 0.25) is 0 Å². The summed E-state index contributed by atoms with van der Waals surface area (Å²) in [7, 11) is 0. The molecule has 0 atom stereocenters. The van der Waals surface area contributed by atoms with Crippen molar-refractivity contribution in [1.82, 2.24) is 19.9 Å². The first-order valence-electron chi connectivity index (χ1n) is 6.61. The van der Waals surface area contributed by atoms with E-state index in [0.717, 1.165) is 28.8 Å². The molecule has 1 aromatic carbocycles. The van der Waals surface area contributed by atoms with Crippen molar-refractivity contribution in [2.45, 2.75) is 23.4 Å². The highest BCUT2D eigenvalue weighted by atomic mass is 32.2. The Morgan fingerprint density at radius 3 is 3.10 bits per heavy atom. The molecule has 0 saturated carbocycles. The first-order chi connectivity index (χ1) is 10.2. The number of anilines is 1. The van der Waals surface area contributed by atoms with E-state index in [0.29, 0.717) is 17.0 Å². The molecule has 3 heterocycles. The first-order valence-corrected chi connectivity index (χ1v) is 7.43. The summed E-state index contributed by atoms with van der Waals surface area (Å²) in [4.78, 5) is 16.9. The van der Waals surface area contributed by atoms with E-state index in [1.54, 1.807) is 11.8 Å². The number of aromatic nitrogens is 4. The summed E-state index contributed by atoms with van der Waals surface area (Å²) in [5, 5.41) is 0.763. The molecule has 0 radical (unpaired) electrons. The van der Waals surface area contributed by atoms with Crippen LogP contribution >= 0.6 is 11.8 Å². The number of fused-ring (bicyclic) bond motifs is 2. The van der Waals surface area contributed by atoms with Gasteiger partial charge in [-0.05, 0) is 30.2 Å². The highest BCUT2D eigenvalue weighted by molar-refractivity contribution is 7.99. The number of H-pyrrole nitrogens is 1. The van der Waals surface area contributed by atoms with Crippen molar-refractivity contribution >= 4 is 28.7 Å². The molecule has 0 bridgehead atoms. The lowest BCUT2D eigenvalue weighted by molar-refractivity contribution is 0.356. The summed E-state index contributed by atoms with van der Waals surface area (Å²) in [5.41, 5.74) is 9.51. The molecule has 6 nitrogen and oxygen atoms in total. The maximum Gasteiger partial charge on any atom is 0.183 e. The summed E-state index contributed by atoms with van der Waals surface area (Å²) in [6.07, 6.45) is 2.38. The quantitative estimate of drug-likeness (QED) is 0.755. The number of imidazole rings is 1. The number of nitrogens with two attached hydrogens (primary N) is 1. The lowest BCUT2D eigenvalue weighted by Crippen LogP contribution is -1.91. The summed E-state index contributed by atoms with van der Waals surface area (Å²) >= 11 is 1.57. The van der Waals surface area contributed by atoms with E-state index < -0.39 is 0 Å². The summed E-state index contributed by atoms with van der Waals surface area (Å²) in [6, 6.07) is 4.26. The van der Waals surface area contributed by atoms with Gasteiger partial charge in [-0.15, -0.1) is 0 Å². The molecule has 0 saturated heterocycles. The second-order valence-corrected chi connectivity index (χ2v) is 5.96. The van der Waals surface area contributed by atoms with E-state index in [2.05, 4.69) is 39.0 Å². The Morgan fingerprint density at radius 1 is 1.33 bits per heavy atom. The normalized spacial score (nSPS) is 13.4. The molecule has 1 aliphatic heterocycles. The predicted molar refractivity (Wildman–Crippen MR) is 80.6 cm³/mol. The smallest absolute Gasteiger partial charge is 0.183 e. The molecule has 0 spiro atoms. The second kappa shape index (κ2) is 4.63. The van der Waals surface area contributed by atoms with Crippen LogP contribution in [0, 0.1) is 6.92 Å². The van der Waals surface area contributed by atoms with Crippen LogP contribution in [-0.4, -0.2) is 26.5 Å². The van der Waals surface area contributed by atoms with Crippen LogP contribution in [0.25, 0.3) is 11.2 Å². The number of rotatable bonds is 2. The number of nitrogens with zero attached hydrogens (tertiary/aromatic N) is 3. The summed E-state index contributed by atoms with van der Waals surface area (Å²) < 4.78 is 5.58. The molecular weight excluding hydrogens is 286 g/mol. The zero-order valence-corrected chi connectivity index (χ0v) is 12.2. The largest absolute Gasteiger partial charge is 0.493 e. The molecule has 4 rings (SSSR count).